The molecule has 1 aromatic rings. The van der Waals surface area contributed by atoms with E-state index >= 15 is 0 Å². The zero-order chi connectivity index (χ0) is 10.8. The van der Waals surface area contributed by atoms with E-state index in [2.05, 4.69) is 0 Å². The van der Waals surface area contributed by atoms with Gasteiger partial charge in [-0.1, -0.05) is 12.1 Å². The first-order chi connectivity index (χ1) is 7.20. The molecule has 2 rings (SSSR count). The van der Waals surface area contributed by atoms with Crippen LogP contribution in [-0.2, 0) is 17.6 Å². The molecule has 0 aromatic heterocycles. The second kappa shape index (κ2) is 3.85. The average molecular weight is 204 g/mol. The molecule has 0 aliphatic heterocycles. The summed E-state index contributed by atoms with van der Waals surface area (Å²) in [4.78, 5) is 21.4. The van der Waals surface area contributed by atoms with E-state index in [9.17, 15) is 9.59 Å². The molecule has 15 heavy (non-hydrogen) atoms. The first kappa shape index (κ1) is 9.90. The predicted octanol–water partition coefficient (Wildman–Crippen LogP) is 1.69. The Morgan fingerprint density at radius 3 is 2.87 bits per heavy atom. The number of aliphatic carboxylic acids is 1. The van der Waals surface area contributed by atoms with Crippen LogP contribution in [0.25, 0.3) is 0 Å². The Hall–Kier alpha value is -1.64. The molecule has 0 saturated carbocycles. The van der Waals surface area contributed by atoms with Crippen molar-refractivity contribution in [1.29, 1.82) is 0 Å². The van der Waals surface area contributed by atoms with Gasteiger partial charge in [-0.05, 0) is 36.5 Å². The minimum atomic E-state index is -0.722. The number of carbonyl (C=O) groups is 2. The smallest absolute Gasteiger partial charge is 0.306 e. The number of aryl methyl sites for hydroxylation is 1. The van der Waals surface area contributed by atoms with Gasteiger partial charge in [0.1, 0.15) is 6.29 Å². The van der Waals surface area contributed by atoms with E-state index in [0.29, 0.717) is 18.4 Å². The number of carboxylic acid groups (broad SMARTS) is 1. The Balaban J connectivity index is 2.28. The molecule has 3 nitrogen and oxygen atoms in total. The third-order valence-electron chi connectivity index (χ3n) is 2.94. The molecule has 1 aromatic carbocycles. The Kier molecular flexibility index (Phi) is 2.54. The molecule has 0 spiro atoms. The lowest BCUT2D eigenvalue weighted by Crippen LogP contribution is -2.22. The molecule has 0 saturated heterocycles. The largest absolute Gasteiger partial charge is 0.481 e. The van der Waals surface area contributed by atoms with Crippen LogP contribution in [0, 0.1) is 5.92 Å². The van der Waals surface area contributed by atoms with Crippen molar-refractivity contribution in [3.8, 4) is 0 Å². The van der Waals surface area contributed by atoms with E-state index in [4.69, 9.17) is 5.11 Å². The van der Waals surface area contributed by atoms with Crippen LogP contribution in [0.5, 0.6) is 0 Å². The summed E-state index contributed by atoms with van der Waals surface area (Å²) < 4.78 is 0. The fourth-order valence-corrected chi connectivity index (χ4v) is 2.06. The van der Waals surface area contributed by atoms with Gasteiger partial charge in [-0.25, -0.2) is 0 Å². The first-order valence-electron chi connectivity index (χ1n) is 5.00. The van der Waals surface area contributed by atoms with Crippen LogP contribution in [0.15, 0.2) is 18.2 Å². The highest BCUT2D eigenvalue weighted by Gasteiger charge is 2.23. The molecular formula is C12H12O3. The lowest BCUT2D eigenvalue weighted by Gasteiger charge is -2.21. The van der Waals surface area contributed by atoms with E-state index in [0.717, 1.165) is 23.8 Å². The molecule has 0 heterocycles. The third kappa shape index (κ3) is 1.91. The molecule has 1 unspecified atom stereocenters. The SMILES string of the molecule is O=Cc1ccc2c(c1)CCC(C(=O)O)C2. The molecule has 78 valence electrons. The molecule has 1 atom stereocenters. The summed E-state index contributed by atoms with van der Waals surface area (Å²) in [6.07, 6.45) is 2.84. The monoisotopic (exact) mass is 204 g/mol. The zero-order valence-electron chi connectivity index (χ0n) is 8.27. The fourth-order valence-electron chi connectivity index (χ4n) is 2.06. The highest BCUT2D eigenvalue weighted by atomic mass is 16.4. The van der Waals surface area contributed by atoms with Crippen molar-refractivity contribution in [1.82, 2.24) is 0 Å². The van der Waals surface area contributed by atoms with Gasteiger partial charge >= 0.3 is 5.97 Å². The second-order valence-corrected chi connectivity index (χ2v) is 3.92. The van der Waals surface area contributed by atoms with Gasteiger partial charge in [0.05, 0.1) is 5.92 Å². The molecule has 1 aliphatic rings. The van der Waals surface area contributed by atoms with Gasteiger partial charge < -0.3 is 5.11 Å². The van der Waals surface area contributed by atoms with Gasteiger partial charge in [-0.2, -0.15) is 0 Å². The maximum Gasteiger partial charge on any atom is 0.306 e. The van der Waals surface area contributed by atoms with E-state index in [1.165, 1.54) is 0 Å². The topological polar surface area (TPSA) is 54.4 Å². The quantitative estimate of drug-likeness (QED) is 0.746. The van der Waals surface area contributed by atoms with Gasteiger partial charge in [0.15, 0.2) is 0 Å². The van der Waals surface area contributed by atoms with Crippen LogP contribution < -0.4 is 0 Å². The van der Waals surface area contributed by atoms with Crippen molar-refractivity contribution in [2.75, 3.05) is 0 Å². The van der Waals surface area contributed by atoms with Crippen molar-refractivity contribution < 1.29 is 14.7 Å². The van der Waals surface area contributed by atoms with Gasteiger partial charge in [0.2, 0.25) is 0 Å². The van der Waals surface area contributed by atoms with E-state index < -0.39 is 5.97 Å². The lowest BCUT2D eigenvalue weighted by molar-refractivity contribution is -0.142. The first-order valence-corrected chi connectivity index (χ1v) is 5.00. The summed E-state index contributed by atoms with van der Waals surface area (Å²) in [5.41, 5.74) is 2.86. The Labute approximate surface area is 87.7 Å². The number of benzene rings is 1. The molecule has 1 N–H and O–H groups in total. The number of carbonyl (C=O) groups excluding carboxylic acids is 1. The van der Waals surface area contributed by atoms with Crippen molar-refractivity contribution in [2.24, 2.45) is 5.92 Å². The summed E-state index contributed by atoms with van der Waals surface area (Å²) in [6, 6.07) is 5.48. The van der Waals surface area contributed by atoms with Crippen LogP contribution in [0.2, 0.25) is 0 Å². The number of carboxylic acids is 1. The van der Waals surface area contributed by atoms with Crippen LogP contribution >= 0.6 is 0 Å². The molecule has 1 aliphatic carbocycles. The normalized spacial score (nSPS) is 19.3. The summed E-state index contributed by atoms with van der Waals surface area (Å²) >= 11 is 0. The fraction of sp³-hybridized carbons (Fsp3) is 0.333. The van der Waals surface area contributed by atoms with Crippen LogP contribution in [0.3, 0.4) is 0 Å². The van der Waals surface area contributed by atoms with Crippen molar-refractivity contribution in [2.45, 2.75) is 19.3 Å². The van der Waals surface area contributed by atoms with Gasteiger partial charge in [-0.15, -0.1) is 0 Å². The van der Waals surface area contributed by atoms with Gasteiger partial charge in [0.25, 0.3) is 0 Å². The standard InChI is InChI=1S/C12H12O3/c13-7-8-1-2-10-6-11(12(14)15)4-3-9(10)5-8/h1-2,5,7,11H,3-4,6H2,(H,14,15). The minimum Gasteiger partial charge on any atom is -0.481 e. The zero-order valence-corrected chi connectivity index (χ0v) is 8.27. The number of fused-ring (bicyclic) bond motifs is 1. The van der Waals surface area contributed by atoms with Crippen molar-refractivity contribution in [3.05, 3.63) is 34.9 Å². The predicted molar refractivity (Wildman–Crippen MR) is 55.0 cm³/mol. The summed E-state index contributed by atoms with van der Waals surface area (Å²) in [7, 11) is 0. The lowest BCUT2D eigenvalue weighted by atomic mass is 9.83. The van der Waals surface area contributed by atoms with E-state index in [1.807, 2.05) is 12.1 Å². The van der Waals surface area contributed by atoms with E-state index in [-0.39, 0.29) is 5.92 Å². The molecular weight excluding hydrogens is 192 g/mol. The molecule has 0 fully saturated rings. The van der Waals surface area contributed by atoms with Crippen LogP contribution in [0.4, 0.5) is 0 Å². The Bertz CT molecular complexity index is 409. The highest BCUT2D eigenvalue weighted by Crippen LogP contribution is 2.26. The number of hydrogen-bond donors (Lipinski definition) is 1. The van der Waals surface area contributed by atoms with Gasteiger partial charge in [-0.3, -0.25) is 9.59 Å². The number of rotatable bonds is 2. The maximum absolute atomic E-state index is 10.8. The van der Waals surface area contributed by atoms with Crippen LogP contribution in [0.1, 0.15) is 27.9 Å². The van der Waals surface area contributed by atoms with Gasteiger partial charge in [0, 0.05) is 5.56 Å². The third-order valence-corrected chi connectivity index (χ3v) is 2.94. The minimum absolute atomic E-state index is 0.264. The second-order valence-electron chi connectivity index (χ2n) is 3.92. The average Bonchev–Trinajstić information content (AvgIpc) is 2.27. The highest BCUT2D eigenvalue weighted by molar-refractivity contribution is 5.76. The number of hydrogen-bond acceptors (Lipinski definition) is 2. The van der Waals surface area contributed by atoms with E-state index in [1.54, 1.807) is 6.07 Å². The molecule has 0 bridgehead atoms. The number of aldehydes is 1. The van der Waals surface area contributed by atoms with Crippen molar-refractivity contribution >= 4 is 12.3 Å². The Morgan fingerprint density at radius 2 is 2.20 bits per heavy atom. The van der Waals surface area contributed by atoms with Crippen LogP contribution in [-0.4, -0.2) is 17.4 Å². The molecule has 3 heteroatoms. The summed E-state index contributed by atoms with van der Waals surface area (Å²) in [5.74, 6) is -0.986. The van der Waals surface area contributed by atoms with Crippen molar-refractivity contribution in [3.63, 3.8) is 0 Å². The Morgan fingerprint density at radius 1 is 1.40 bits per heavy atom. The molecule has 0 radical (unpaired) electrons. The maximum atomic E-state index is 10.8. The summed E-state index contributed by atoms with van der Waals surface area (Å²) in [6.45, 7) is 0. The molecule has 0 amide bonds. The summed E-state index contributed by atoms with van der Waals surface area (Å²) in [5, 5.41) is 8.91.